The largest absolute Gasteiger partial charge is 0.497 e. The zero-order valence-corrected chi connectivity index (χ0v) is 20.9. The second-order valence-electron chi connectivity index (χ2n) is 9.75. The summed E-state index contributed by atoms with van der Waals surface area (Å²) in [5, 5.41) is 2.74. The second kappa shape index (κ2) is 11.9. The summed E-state index contributed by atoms with van der Waals surface area (Å²) in [6.07, 6.45) is 6.55. The molecule has 192 valence electrons. The molecule has 0 saturated carbocycles. The lowest BCUT2D eigenvalue weighted by Crippen LogP contribution is -2.52. The fraction of sp³-hybridized carbons (Fsp3) is 0.654. The molecule has 0 bridgehead atoms. The number of ether oxygens (including phenoxy) is 2. The highest BCUT2D eigenvalue weighted by Gasteiger charge is 2.39. The predicted molar refractivity (Wildman–Crippen MR) is 132 cm³/mol. The van der Waals surface area contributed by atoms with Gasteiger partial charge in [0, 0.05) is 32.7 Å². The van der Waals surface area contributed by atoms with Crippen molar-refractivity contribution in [3.05, 3.63) is 24.3 Å². The van der Waals surface area contributed by atoms with Gasteiger partial charge in [0.1, 0.15) is 11.8 Å². The van der Waals surface area contributed by atoms with Crippen LogP contribution in [0.4, 0.5) is 10.5 Å². The molecular formula is C26H38N4O5. The summed E-state index contributed by atoms with van der Waals surface area (Å²) in [6.45, 7) is 4.09. The van der Waals surface area contributed by atoms with Crippen LogP contribution in [0.25, 0.3) is 0 Å². The molecule has 4 rings (SSSR count). The molecule has 1 N–H and O–H groups in total. The van der Waals surface area contributed by atoms with E-state index in [9.17, 15) is 14.4 Å². The molecule has 0 spiro atoms. The van der Waals surface area contributed by atoms with Crippen molar-refractivity contribution in [2.24, 2.45) is 5.92 Å². The molecule has 4 amide bonds. The zero-order valence-electron chi connectivity index (χ0n) is 20.9. The summed E-state index contributed by atoms with van der Waals surface area (Å²) in [5.74, 6) is 0.804. The lowest BCUT2D eigenvalue weighted by molar-refractivity contribution is -0.133. The Kier molecular flexibility index (Phi) is 8.62. The molecule has 3 aliphatic heterocycles. The number of fused-ring (bicyclic) bond motifs is 1. The first-order valence-electron chi connectivity index (χ1n) is 12.8. The van der Waals surface area contributed by atoms with Crippen molar-refractivity contribution in [3.8, 4) is 5.75 Å². The molecule has 1 aromatic rings. The van der Waals surface area contributed by atoms with E-state index in [1.807, 2.05) is 4.90 Å². The normalized spacial score (nSPS) is 24.7. The maximum Gasteiger partial charge on any atom is 0.329 e. The molecule has 3 saturated heterocycles. The first kappa shape index (κ1) is 25.4. The van der Waals surface area contributed by atoms with Crippen LogP contribution in [0.2, 0.25) is 0 Å². The van der Waals surface area contributed by atoms with E-state index in [2.05, 4.69) is 10.2 Å². The lowest BCUT2D eigenvalue weighted by Gasteiger charge is -2.45. The minimum atomic E-state index is -0.707. The number of imide groups is 1. The highest BCUT2D eigenvalue weighted by Crippen LogP contribution is 2.31. The van der Waals surface area contributed by atoms with Crippen molar-refractivity contribution in [3.63, 3.8) is 0 Å². The number of benzene rings is 1. The smallest absolute Gasteiger partial charge is 0.329 e. The van der Waals surface area contributed by atoms with Crippen molar-refractivity contribution in [2.75, 3.05) is 51.9 Å². The number of rotatable bonds is 10. The molecule has 0 unspecified atom stereocenters. The van der Waals surface area contributed by atoms with E-state index in [-0.39, 0.29) is 24.7 Å². The molecule has 0 radical (unpaired) electrons. The number of urea groups is 1. The molecule has 9 nitrogen and oxygen atoms in total. The number of carbonyl (C=O) groups is 3. The van der Waals surface area contributed by atoms with Crippen molar-refractivity contribution in [2.45, 2.75) is 57.0 Å². The molecule has 3 aliphatic rings. The van der Waals surface area contributed by atoms with Crippen LogP contribution in [0.3, 0.4) is 0 Å². The SMILES string of the molecule is COCCN(C[C@@H]1CCCN2CCCC[C@@H]12)C(=O)CC[C@H]1NC(=O)N(c2ccc(OC)cc2)C1=O. The Bertz CT molecular complexity index is 890. The van der Waals surface area contributed by atoms with Gasteiger partial charge in [-0.2, -0.15) is 0 Å². The molecule has 35 heavy (non-hydrogen) atoms. The molecule has 3 fully saturated rings. The Morgan fingerprint density at radius 1 is 1.09 bits per heavy atom. The summed E-state index contributed by atoms with van der Waals surface area (Å²) < 4.78 is 10.4. The number of piperidine rings is 2. The molecule has 0 aliphatic carbocycles. The quantitative estimate of drug-likeness (QED) is 0.512. The van der Waals surface area contributed by atoms with E-state index in [1.165, 1.54) is 38.8 Å². The van der Waals surface area contributed by atoms with E-state index >= 15 is 0 Å². The van der Waals surface area contributed by atoms with E-state index < -0.39 is 12.1 Å². The number of amides is 4. The Labute approximate surface area is 207 Å². The van der Waals surface area contributed by atoms with Crippen molar-refractivity contribution >= 4 is 23.5 Å². The van der Waals surface area contributed by atoms with Crippen molar-refractivity contribution in [1.29, 1.82) is 0 Å². The number of methoxy groups -OCH3 is 2. The third-order valence-corrected chi connectivity index (χ3v) is 7.60. The number of hydrogen-bond acceptors (Lipinski definition) is 6. The van der Waals surface area contributed by atoms with Crippen LogP contribution in [0.5, 0.6) is 5.75 Å². The third-order valence-electron chi connectivity index (χ3n) is 7.60. The Morgan fingerprint density at radius 3 is 2.60 bits per heavy atom. The average Bonchev–Trinajstić information content (AvgIpc) is 3.17. The van der Waals surface area contributed by atoms with Crippen molar-refractivity contribution < 1.29 is 23.9 Å². The van der Waals surface area contributed by atoms with Gasteiger partial charge in [-0.3, -0.25) is 9.59 Å². The summed E-state index contributed by atoms with van der Waals surface area (Å²) in [6, 6.07) is 6.15. The van der Waals surface area contributed by atoms with Gasteiger partial charge in [-0.1, -0.05) is 6.42 Å². The number of nitrogens with one attached hydrogen (secondary N) is 1. The lowest BCUT2D eigenvalue weighted by atomic mass is 9.83. The maximum absolute atomic E-state index is 13.3. The first-order chi connectivity index (χ1) is 17.0. The van der Waals surface area contributed by atoms with E-state index in [1.54, 1.807) is 38.5 Å². The average molecular weight is 487 g/mol. The third kappa shape index (κ3) is 5.95. The van der Waals surface area contributed by atoms with Gasteiger partial charge in [-0.25, -0.2) is 9.69 Å². The van der Waals surface area contributed by atoms with Crippen LogP contribution in [0.15, 0.2) is 24.3 Å². The summed E-state index contributed by atoms with van der Waals surface area (Å²) in [4.78, 5) is 44.4. The van der Waals surface area contributed by atoms with E-state index in [0.29, 0.717) is 36.5 Å². The Hall–Kier alpha value is -2.65. The molecule has 3 atom stereocenters. The first-order valence-corrected chi connectivity index (χ1v) is 12.8. The van der Waals surface area contributed by atoms with Gasteiger partial charge >= 0.3 is 6.03 Å². The van der Waals surface area contributed by atoms with Gasteiger partial charge in [0.2, 0.25) is 5.91 Å². The molecule has 9 heteroatoms. The Morgan fingerprint density at radius 2 is 1.86 bits per heavy atom. The number of carbonyl (C=O) groups excluding carboxylic acids is 3. The van der Waals surface area contributed by atoms with Crippen LogP contribution >= 0.6 is 0 Å². The number of hydrogen-bond donors (Lipinski definition) is 1. The predicted octanol–water partition coefficient (Wildman–Crippen LogP) is 2.64. The van der Waals surface area contributed by atoms with Gasteiger partial charge < -0.3 is 24.6 Å². The summed E-state index contributed by atoms with van der Waals surface area (Å²) in [7, 11) is 3.21. The topological polar surface area (TPSA) is 91.4 Å². The Balaban J connectivity index is 1.35. The minimum absolute atomic E-state index is 0.0138. The van der Waals surface area contributed by atoms with Gasteiger partial charge in [-0.05, 0) is 75.4 Å². The second-order valence-corrected chi connectivity index (χ2v) is 9.75. The van der Waals surface area contributed by atoms with Crippen LogP contribution < -0.4 is 15.0 Å². The fourth-order valence-electron chi connectivity index (χ4n) is 5.72. The van der Waals surface area contributed by atoms with Gasteiger partial charge in [0.05, 0.1) is 19.4 Å². The number of anilines is 1. The summed E-state index contributed by atoms with van der Waals surface area (Å²) >= 11 is 0. The van der Waals surface area contributed by atoms with Crippen LogP contribution in [-0.4, -0.2) is 86.7 Å². The molecule has 3 heterocycles. The van der Waals surface area contributed by atoms with Crippen LogP contribution in [-0.2, 0) is 14.3 Å². The number of nitrogens with zero attached hydrogens (tertiary/aromatic N) is 3. The van der Waals surface area contributed by atoms with Crippen molar-refractivity contribution in [1.82, 2.24) is 15.1 Å². The minimum Gasteiger partial charge on any atom is -0.497 e. The van der Waals surface area contributed by atoms with Gasteiger partial charge in [0.25, 0.3) is 5.91 Å². The highest BCUT2D eigenvalue weighted by atomic mass is 16.5. The molecular weight excluding hydrogens is 448 g/mol. The van der Waals surface area contributed by atoms with Crippen LogP contribution in [0.1, 0.15) is 44.9 Å². The fourth-order valence-corrected chi connectivity index (χ4v) is 5.72. The van der Waals surface area contributed by atoms with E-state index in [0.717, 1.165) is 17.9 Å². The standard InChI is InChI=1S/C26H38N4O5/c1-34-17-16-29(18-19-6-5-15-28-14-4-3-7-23(19)28)24(31)13-12-22-25(32)30(26(33)27-22)20-8-10-21(35-2)11-9-20/h8-11,19,22-23H,3-7,12-18H2,1-2H3,(H,27,33)/t19-,22+,23-/m0/s1. The monoisotopic (exact) mass is 486 g/mol. The highest BCUT2D eigenvalue weighted by molar-refractivity contribution is 6.21. The summed E-state index contributed by atoms with van der Waals surface area (Å²) in [5.41, 5.74) is 0.484. The van der Waals surface area contributed by atoms with E-state index in [4.69, 9.17) is 9.47 Å². The molecule has 0 aromatic heterocycles. The maximum atomic E-state index is 13.3. The molecule has 1 aromatic carbocycles. The van der Waals surface area contributed by atoms with Gasteiger partial charge in [-0.15, -0.1) is 0 Å². The van der Waals surface area contributed by atoms with Crippen LogP contribution in [0, 0.1) is 5.92 Å². The van der Waals surface area contributed by atoms with Gasteiger partial charge in [0.15, 0.2) is 0 Å². The zero-order chi connectivity index (χ0) is 24.8.